The molecule has 0 atom stereocenters. The SMILES string of the molecule is CCCCC(=O)c1ccc(OC)cc1Br. The number of rotatable bonds is 5. The van der Waals surface area contributed by atoms with Crippen LogP contribution in [-0.4, -0.2) is 12.9 Å². The normalized spacial score (nSPS) is 10.1. The minimum atomic E-state index is 0.186. The van der Waals surface area contributed by atoms with E-state index < -0.39 is 0 Å². The summed E-state index contributed by atoms with van der Waals surface area (Å²) in [4.78, 5) is 11.8. The third-order valence-electron chi connectivity index (χ3n) is 2.23. The highest BCUT2D eigenvalue weighted by Crippen LogP contribution is 2.24. The van der Waals surface area contributed by atoms with E-state index in [9.17, 15) is 4.79 Å². The minimum Gasteiger partial charge on any atom is -0.497 e. The van der Waals surface area contributed by atoms with E-state index in [0.717, 1.165) is 28.6 Å². The first-order valence-corrected chi connectivity index (χ1v) is 5.85. The number of ketones is 1. The van der Waals surface area contributed by atoms with Crippen molar-refractivity contribution < 1.29 is 9.53 Å². The van der Waals surface area contributed by atoms with Crippen LogP contribution in [0.4, 0.5) is 0 Å². The molecule has 0 aromatic heterocycles. The van der Waals surface area contributed by atoms with Gasteiger partial charge in [0.1, 0.15) is 5.75 Å². The Morgan fingerprint density at radius 3 is 2.73 bits per heavy atom. The summed E-state index contributed by atoms with van der Waals surface area (Å²) in [6.07, 6.45) is 2.60. The van der Waals surface area contributed by atoms with E-state index >= 15 is 0 Å². The number of hydrogen-bond acceptors (Lipinski definition) is 2. The van der Waals surface area contributed by atoms with Crippen molar-refractivity contribution in [3.05, 3.63) is 28.2 Å². The number of hydrogen-bond donors (Lipinski definition) is 0. The lowest BCUT2D eigenvalue weighted by Gasteiger charge is -2.05. The monoisotopic (exact) mass is 270 g/mol. The third kappa shape index (κ3) is 3.34. The summed E-state index contributed by atoms with van der Waals surface area (Å²) in [5.74, 6) is 0.945. The molecule has 15 heavy (non-hydrogen) atoms. The van der Waals surface area contributed by atoms with E-state index in [4.69, 9.17) is 4.74 Å². The van der Waals surface area contributed by atoms with Gasteiger partial charge in [0.05, 0.1) is 7.11 Å². The van der Waals surface area contributed by atoms with Crippen LogP contribution in [0.5, 0.6) is 5.75 Å². The van der Waals surface area contributed by atoms with Crippen molar-refractivity contribution in [2.75, 3.05) is 7.11 Å². The van der Waals surface area contributed by atoms with Crippen molar-refractivity contribution in [2.24, 2.45) is 0 Å². The molecule has 0 bridgehead atoms. The Hall–Kier alpha value is -0.830. The van der Waals surface area contributed by atoms with Crippen LogP contribution >= 0.6 is 15.9 Å². The molecular formula is C12H15BrO2. The van der Waals surface area contributed by atoms with Gasteiger partial charge in [-0.2, -0.15) is 0 Å². The van der Waals surface area contributed by atoms with Gasteiger partial charge in [0.2, 0.25) is 0 Å². The second-order valence-corrected chi connectivity index (χ2v) is 4.23. The van der Waals surface area contributed by atoms with Gasteiger partial charge in [-0.15, -0.1) is 0 Å². The topological polar surface area (TPSA) is 26.3 Å². The molecule has 0 aliphatic heterocycles. The zero-order chi connectivity index (χ0) is 11.3. The fourth-order valence-electron chi connectivity index (χ4n) is 1.32. The van der Waals surface area contributed by atoms with Gasteiger partial charge in [-0.05, 0) is 40.5 Å². The lowest BCUT2D eigenvalue weighted by atomic mass is 10.1. The van der Waals surface area contributed by atoms with E-state index in [1.54, 1.807) is 13.2 Å². The summed E-state index contributed by atoms with van der Waals surface area (Å²) in [6, 6.07) is 5.43. The summed E-state index contributed by atoms with van der Waals surface area (Å²) in [7, 11) is 1.61. The van der Waals surface area contributed by atoms with Crippen molar-refractivity contribution in [1.82, 2.24) is 0 Å². The summed E-state index contributed by atoms with van der Waals surface area (Å²) in [6.45, 7) is 2.08. The molecule has 0 fully saturated rings. The number of methoxy groups -OCH3 is 1. The molecule has 3 heteroatoms. The highest BCUT2D eigenvalue weighted by atomic mass is 79.9. The molecule has 1 rings (SSSR count). The van der Waals surface area contributed by atoms with E-state index in [0.29, 0.717) is 6.42 Å². The van der Waals surface area contributed by atoms with Crippen molar-refractivity contribution in [3.8, 4) is 5.75 Å². The predicted octanol–water partition coefficient (Wildman–Crippen LogP) is 3.83. The van der Waals surface area contributed by atoms with Gasteiger partial charge in [0, 0.05) is 16.5 Å². The third-order valence-corrected chi connectivity index (χ3v) is 2.89. The molecule has 0 heterocycles. The Morgan fingerprint density at radius 2 is 2.20 bits per heavy atom. The maximum absolute atomic E-state index is 11.8. The van der Waals surface area contributed by atoms with Gasteiger partial charge < -0.3 is 4.74 Å². The van der Waals surface area contributed by atoms with Gasteiger partial charge in [-0.1, -0.05) is 13.3 Å². The van der Waals surface area contributed by atoms with Crippen molar-refractivity contribution in [3.63, 3.8) is 0 Å². The molecule has 0 aliphatic carbocycles. The second kappa shape index (κ2) is 5.91. The van der Waals surface area contributed by atoms with E-state index in [1.807, 2.05) is 12.1 Å². The number of unbranched alkanes of at least 4 members (excludes halogenated alkanes) is 1. The molecule has 0 saturated carbocycles. The van der Waals surface area contributed by atoms with E-state index in [-0.39, 0.29) is 5.78 Å². The number of halogens is 1. The molecular weight excluding hydrogens is 256 g/mol. The zero-order valence-corrected chi connectivity index (χ0v) is 10.6. The molecule has 2 nitrogen and oxygen atoms in total. The Morgan fingerprint density at radius 1 is 1.47 bits per heavy atom. The first kappa shape index (κ1) is 12.2. The second-order valence-electron chi connectivity index (χ2n) is 3.37. The Kier molecular flexibility index (Phi) is 4.82. The Bertz CT molecular complexity index is 347. The quantitative estimate of drug-likeness (QED) is 0.761. The number of ether oxygens (including phenoxy) is 1. The van der Waals surface area contributed by atoms with Gasteiger partial charge in [-0.3, -0.25) is 4.79 Å². The highest BCUT2D eigenvalue weighted by Gasteiger charge is 2.09. The largest absolute Gasteiger partial charge is 0.497 e. The van der Waals surface area contributed by atoms with Crippen LogP contribution in [0.3, 0.4) is 0 Å². The summed E-state index contributed by atoms with van der Waals surface area (Å²) in [5, 5.41) is 0. The molecule has 82 valence electrons. The van der Waals surface area contributed by atoms with Crippen LogP contribution in [0.2, 0.25) is 0 Å². The number of carbonyl (C=O) groups excluding carboxylic acids is 1. The van der Waals surface area contributed by atoms with Crippen LogP contribution < -0.4 is 4.74 Å². The molecule has 0 spiro atoms. The summed E-state index contributed by atoms with van der Waals surface area (Å²) in [5.41, 5.74) is 0.740. The van der Waals surface area contributed by atoms with Crippen LogP contribution in [0.25, 0.3) is 0 Å². The predicted molar refractivity (Wildman–Crippen MR) is 64.5 cm³/mol. The van der Waals surface area contributed by atoms with Crippen LogP contribution in [0.1, 0.15) is 36.5 Å². The Labute approximate surface area is 98.8 Å². The smallest absolute Gasteiger partial charge is 0.164 e. The van der Waals surface area contributed by atoms with E-state index in [1.165, 1.54) is 0 Å². The number of benzene rings is 1. The van der Waals surface area contributed by atoms with Gasteiger partial charge in [0.25, 0.3) is 0 Å². The van der Waals surface area contributed by atoms with Crippen molar-refractivity contribution in [2.45, 2.75) is 26.2 Å². The van der Waals surface area contributed by atoms with Crippen LogP contribution in [-0.2, 0) is 0 Å². The van der Waals surface area contributed by atoms with Crippen molar-refractivity contribution in [1.29, 1.82) is 0 Å². The standard InChI is InChI=1S/C12H15BrO2/c1-3-4-5-12(14)10-7-6-9(15-2)8-11(10)13/h6-8H,3-5H2,1-2H3. The Balaban J connectivity index is 2.81. The lowest BCUT2D eigenvalue weighted by molar-refractivity contribution is 0.0979. The maximum atomic E-state index is 11.8. The number of Topliss-reactive ketones (excluding diaryl/α,β-unsaturated/α-hetero) is 1. The average molecular weight is 271 g/mol. The first-order valence-electron chi connectivity index (χ1n) is 5.05. The molecule has 0 radical (unpaired) electrons. The summed E-state index contributed by atoms with van der Waals surface area (Å²) < 4.78 is 5.88. The molecule has 1 aromatic carbocycles. The molecule has 0 N–H and O–H groups in total. The zero-order valence-electron chi connectivity index (χ0n) is 9.05. The molecule has 0 unspecified atom stereocenters. The van der Waals surface area contributed by atoms with Gasteiger partial charge in [0.15, 0.2) is 5.78 Å². The van der Waals surface area contributed by atoms with Gasteiger partial charge >= 0.3 is 0 Å². The first-order chi connectivity index (χ1) is 7.19. The van der Waals surface area contributed by atoms with Crippen LogP contribution in [0.15, 0.2) is 22.7 Å². The average Bonchev–Trinajstić information content (AvgIpc) is 2.25. The summed E-state index contributed by atoms with van der Waals surface area (Å²) >= 11 is 3.38. The maximum Gasteiger partial charge on any atom is 0.164 e. The molecule has 0 saturated heterocycles. The number of carbonyl (C=O) groups is 1. The minimum absolute atomic E-state index is 0.186. The molecule has 0 amide bonds. The van der Waals surface area contributed by atoms with Crippen LogP contribution in [0, 0.1) is 0 Å². The lowest BCUT2D eigenvalue weighted by Crippen LogP contribution is -2.00. The molecule has 0 aliphatic rings. The fraction of sp³-hybridized carbons (Fsp3) is 0.417. The highest BCUT2D eigenvalue weighted by molar-refractivity contribution is 9.10. The fourth-order valence-corrected chi connectivity index (χ4v) is 1.90. The molecule has 1 aromatic rings. The van der Waals surface area contributed by atoms with Gasteiger partial charge in [-0.25, -0.2) is 0 Å². The van der Waals surface area contributed by atoms with Crippen molar-refractivity contribution >= 4 is 21.7 Å². The van der Waals surface area contributed by atoms with E-state index in [2.05, 4.69) is 22.9 Å².